The van der Waals surface area contributed by atoms with Crippen molar-refractivity contribution in [2.45, 2.75) is 13.8 Å². The molecule has 2 aromatic carbocycles. The Hall–Kier alpha value is -2.29. The van der Waals surface area contributed by atoms with Gasteiger partial charge in [-0.2, -0.15) is 0 Å². The van der Waals surface area contributed by atoms with Gasteiger partial charge in [0, 0.05) is 30.5 Å². The van der Waals surface area contributed by atoms with E-state index >= 15 is 0 Å². The summed E-state index contributed by atoms with van der Waals surface area (Å²) in [6.45, 7) is 5.38. The molecule has 0 aromatic heterocycles. The number of carbonyl (C=O) groups excluding carboxylic acids is 1. The van der Waals surface area contributed by atoms with Crippen LogP contribution in [0.15, 0.2) is 54.6 Å². The zero-order valence-electron chi connectivity index (χ0n) is 12.8. The van der Waals surface area contributed by atoms with Gasteiger partial charge >= 0.3 is 0 Å². The molecule has 0 aliphatic carbocycles. The molecule has 0 saturated carbocycles. The number of hydrogen-bond donors (Lipinski definition) is 1. The molecule has 0 unspecified atom stereocenters. The van der Waals surface area contributed by atoms with Gasteiger partial charge in [0.05, 0.1) is 0 Å². The quantitative estimate of drug-likeness (QED) is 0.898. The van der Waals surface area contributed by atoms with E-state index in [0.29, 0.717) is 11.5 Å². The van der Waals surface area contributed by atoms with Crippen molar-refractivity contribution in [3.8, 4) is 0 Å². The Bertz CT molecular complexity index is 576. The van der Waals surface area contributed by atoms with E-state index in [-0.39, 0.29) is 5.91 Å². The first-order chi connectivity index (χ1) is 10.1. The molecule has 3 nitrogen and oxygen atoms in total. The lowest BCUT2D eigenvalue weighted by Crippen LogP contribution is -2.22. The summed E-state index contributed by atoms with van der Waals surface area (Å²) in [4.78, 5) is 14.3. The van der Waals surface area contributed by atoms with Gasteiger partial charge in [-0.15, -0.1) is 0 Å². The maximum Gasteiger partial charge on any atom is 0.255 e. The van der Waals surface area contributed by atoms with Crippen LogP contribution in [0.5, 0.6) is 0 Å². The van der Waals surface area contributed by atoms with Crippen LogP contribution in [0.2, 0.25) is 0 Å². The van der Waals surface area contributed by atoms with Crippen LogP contribution < -0.4 is 10.2 Å². The minimum atomic E-state index is -0.0840. The van der Waals surface area contributed by atoms with Gasteiger partial charge < -0.3 is 10.2 Å². The number of benzene rings is 2. The fourth-order valence-corrected chi connectivity index (χ4v) is 2.25. The summed E-state index contributed by atoms with van der Waals surface area (Å²) in [5.41, 5.74) is 2.60. The molecule has 0 spiro atoms. The summed E-state index contributed by atoms with van der Waals surface area (Å²) in [7, 11) is 2.07. The van der Waals surface area contributed by atoms with Crippen molar-refractivity contribution in [1.82, 2.24) is 0 Å². The minimum Gasteiger partial charge on any atom is -0.374 e. The van der Waals surface area contributed by atoms with Crippen LogP contribution >= 0.6 is 0 Å². The summed E-state index contributed by atoms with van der Waals surface area (Å²) < 4.78 is 0. The van der Waals surface area contributed by atoms with Crippen molar-refractivity contribution < 1.29 is 4.79 Å². The zero-order valence-corrected chi connectivity index (χ0v) is 12.8. The first kappa shape index (κ1) is 15.1. The number of para-hydroxylation sites is 1. The Balaban J connectivity index is 2.03. The minimum absolute atomic E-state index is 0.0840. The molecule has 0 heterocycles. The molecule has 0 saturated heterocycles. The van der Waals surface area contributed by atoms with E-state index < -0.39 is 0 Å². The van der Waals surface area contributed by atoms with Crippen LogP contribution in [-0.4, -0.2) is 19.5 Å². The van der Waals surface area contributed by atoms with Gasteiger partial charge in [-0.25, -0.2) is 0 Å². The third-order valence-electron chi connectivity index (χ3n) is 3.24. The van der Waals surface area contributed by atoms with Crippen molar-refractivity contribution in [1.29, 1.82) is 0 Å². The van der Waals surface area contributed by atoms with E-state index in [0.717, 1.165) is 17.9 Å². The summed E-state index contributed by atoms with van der Waals surface area (Å²) >= 11 is 0. The second-order valence-electron chi connectivity index (χ2n) is 5.64. The molecule has 3 heteroatoms. The molecule has 0 aliphatic heterocycles. The average molecular weight is 282 g/mol. The number of hydrogen-bond acceptors (Lipinski definition) is 2. The van der Waals surface area contributed by atoms with E-state index in [4.69, 9.17) is 0 Å². The van der Waals surface area contributed by atoms with Crippen molar-refractivity contribution >= 4 is 17.3 Å². The Morgan fingerprint density at radius 1 is 1.05 bits per heavy atom. The lowest BCUT2D eigenvalue weighted by atomic mass is 10.1. The number of nitrogens with one attached hydrogen (secondary N) is 1. The van der Waals surface area contributed by atoms with E-state index in [1.54, 1.807) is 0 Å². The number of amides is 1. The van der Waals surface area contributed by atoms with E-state index in [9.17, 15) is 4.79 Å². The van der Waals surface area contributed by atoms with Crippen LogP contribution in [0.1, 0.15) is 24.2 Å². The van der Waals surface area contributed by atoms with Crippen molar-refractivity contribution in [2.75, 3.05) is 23.8 Å². The van der Waals surface area contributed by atoms with Gasteiger partial charge in [0.2, 0.25) is 0 Å². The standard InChI is InChI=1S/C18H22N2O/c1-14(2)13-20(3)17-11-9-15(10-12-17)18(21)19-16-7-5-4-6-8-16/h4-12,14H,13H2,1-3H3,(H,19,21). The molecular formula is C18H22N2O. The number of rotatable bonds is 5. The number of nitrogens with zero attached hydrogens (tertiary/aromatic N) is 1. The largest absolute Gasteiger partial charge is 0.374 e. The molecule has 0 radical (unpaired) electrons. The predicted octanol–water partition coefficient (Wildman–Crippen LogP) is 4.03. The van der Waals surface area contributed by atoms with Gasteiger partial charge in [0.15, 0.2) is 0 Å². The summed E-state index contributed by atoms with van der Waals surface area (Å²) in [5.74, 6) is 0.523. The SMILES string of the molecule is CC(C)CN(C)c1ccc(C(=O)Nc2ccccc2)cc1. The molecule has 0 bridgehead atoms. The lowest BCUT2D eigenvalue weighted by Gasteiger charge is -2.21. The molecule has 0 fully saturated rings. The third-order valence-corrected chi connectivity index (χ3v) is 3.24. The second kappa shape index (κ2) is 6.93. The van der Waals surface area contributed by atoms with Crippen LogP contribution in [0.3, 0.4) is 0 Å². The smallest absolute Gasteiger partial charge is 0.255 e. The van der Waals surface area contributed by atoms with Crippen LogP contribution in [-0.2, 0) is 0 Å². The molecule has 2 rings (SSSR count). The van der Waals surface area contributed by atoms with Gasteiger partial charge in [-0.1, -0.05) is 32.0 Å². The topological polar surface area (TPSA) is 32.3 Å². The monoisotopic (exact) mass is 282 g/mol. The molecule has 21 heavy (non-hydrogen) atoms. The normalized spacial score (nSPS) is 10.5. The lowest BCUT2D eigenvalue weighted by molar-refractivity contribution is 0.102. The fourth-order valence-electron chi connectivity index (χ4n) is 2.25. The van der Waals surface area contributed by atoms with Crippen molar-refractivity contribution in [2.24, 2.45) is 5.92 Å². The Kier molecular flexibility index (Phi) is 4.99. The molecule has 0 atom stereocenters. The summed E-state index contributed by atoms with van der Waals surface area (Å²) in [6, 6.07) is 17.2. The van der Waals surface area contributed by atoms with Crippen molar-refractivity contribution in [3.05, 3.63) is 60.2 Å². The molecule has 2 aromatic rings. The Labute approximate surface area is 126 Å². The zero-order chi connectivity index (χ0) is 15.2. The maximum absolute atomic E-state index is 12.1. The maximum atomic E-state index is 12.1. The first-order valence-corrected chi connectivity index (χ1v) is 7.24. The van der Waals surface area contributed by atoms with E-state index in [2.05, 4.69) is 31.1 Å². The highest BCUT2D eigenvalue weighted by Gasteiger charge is 2.08. The molecule has 0 aliphatic rings. The van der Waals surface area contributed by atoms with Gasteiger partial charge in [0.1, 0.15) is 0 Å². The molecule has 1 N–H and O–H groups in total. The van der Waals surface area contributed by atoms with Crippen LogP contribution in [0.25, 0.3) is 0 Å². The Morgan fingerprint density at radius 3 is 2.24 bits per heavy atom. The third kappa shape index (κ3) is 4.35. The van der Waals surface area contributed by atoms with Gasteiger partial charge in [-0.3, -0.25) is 4.79 Å². The number of anilines is 2. The highest BCUT2D eigenvalue weighted by atomic mass is 16.1. The van der Waals surface area contributed by atoms with E-state index in [1.807, 2.05) is 54.6 Å². The van der Waals surface area contributed by atoms with Crippen LogP contribution in [0.4, 0.5) is 11.4 Å². The van der Waals surface area contributed by atoms with Crippen LogP contribution in [0, 0.1) is 5.92 Å². The molecule has 1 amide bonds. The Morgan fingerprint density at radius 2 is 1.67 bits per heavy atom. The van der Waals surface area contributed by atoms with E-state index in [1.165, 1.54) is 0 Å². The predicted molar refractivity (Wildman–Crippen MR) is 88.9 cm³/mol. The summed E-state index contributed by atoms with van der Waals surface area (Å²) in [5, 5.41) is 2.89. The van der Waals surface area contributed by atoms with Gasteiger partial charge in [0.25, 0.3) is 5.91 Å². The molecular weight excluding hydrogens is 260 g/mol. The highest BCUT2D eigenvalue weighted by molar-refractivity contribution is 6.04. The highest BCUT2D eigenvalue weighted by Crippen LogP contribution is 2.16. The first-order valence-electron chi connectivity index (χ1n) is 7.24. The average Bonchev–Trinajstić information content (AvgIpc) is 2.47. The van der Waals surface area contributed by atoms with Crippen molar-refractivity contribution in [3.63, 3.8) is 0 Å². The number of carbonyl (C=O) groups is 1. The summed E-state index contributed by atoms with van der Waals surface area (Å²) in [6.07, 6.45) is 0. The van der Waals surface area contributed by atoms with Gasteiger partial charge in [-0.05, 0) is 42.3 Å². The molecule has 110 valence electrons. The second-order valence-corrected chi connectivity index (χ2v) is 5.64. The fraction of sp³-hybridized carbons (Fsp3) is 0.278.